The van der Waals surface area contributed by atoms with Crippen molar-refractivity contribution in [2.75, 3.05) is 33.4 Å². The van der Waals surface area contributed by atoms with E-state index in [1.807, 2.05) is 7.05 Å². The Labute approximate surface area is 106 Å². The summed E-state index contributed by atoms with van der Waals surface area (Å²) in [4.78, 5) is 0. The monoisotopic (exact) mass is 267 g/mol. The van der Waals surface area contributed by atoms with Gasteiger partial charge in [-0.25, -0.2) is 0 Å². The third-order valence-corrected chi connectivity index (χ3v) is 3.04. The van der Waals surface area contributed by atoms with Crippen LogP contribution in [0.1, 0.15) is 38.5 Å². The van der Waals surface area contributed by atoms with Crippen molar-refractivity contribution in [3.05, 3.63) is 0 Å². The molecule has 6 heteroatoms. The quantitative estimate of drug-likeness (QED) is 0.373. The second-order valence-electron chi connectivity index (χ2n) is 3.82. The summed E-state index contributed by atoms with van der Waals surface area (Å²) in [5, 5.41) is 7.24. The molecule has 102 valence electrons. The van der Waals surface area contributed by atoms with Gasteiger partial charge in [-0.2, -0.15) is 0 Å². The molecule has 0 spiro atoms. The standard InChI is InChI=1S/C11H25NO4P/c1-12-8-4-7-11-16-17(14)15-10-6-3-2-5-9-13/h12-13H,2-11H2,1H3/q+1/i13D. The molecule has 0 aromatic heterocycles. The van der Waals surface area contributed by atoms with E-state index < -0.39 is 8.25 Å². The highest BCUT2D eigenvalue weighted by molar-refractivity contribution is 7.33. The summed E-state index contributed by atoms with van der Waals surface area (Å²) in [5.74, 6) is 0. The van der Waals surface area contributed by atoms with E-state index in [-0.39, 0.29) is 0 Å². The summed E-state index contributed by atoms with van der Waals surface area (Å²) in [6.45, 7) is 2.37. The van der Waals surface area contributed by atoms with E-state index in [2.05, 4.69) is 10.4 Å². The molecule has 0 heterocycles. The van der Waals surface area contributed by atoms with Crippen LogP contribution in [0.4, 0.5) is 0 Å². The molecule has 0 fully saturated rings. The van der Waals surface area contributed by atoms with Crippen LogP contribution in [0.3, 0.4) is 0 Å². The summed E-state index contributed by atoms with van der Waals surface area (Å²) in [6, 6.07) is 0. The Morgan fingerprint density at radius 2 is 1.76 bits per heavy atom. The first-order valence-electron chi connectivity index (χ1n) is 6.68. The van der Waals surface area contributed by atoms with Crippen LogP contribution >= 0.6 is 8.25 Å². The van der Waals surface area contributed by atoms with Crippen molar-refractivity contribution >= 4 is 8.25 Å². The Morgan fingerprint density at radius 1 is 1.12 bits per heavy atom. The Balaban J connectivity index is 3.12. The van der Waals surface area contributed by atoms with Crippen LogP contribution in [0, 0.1) is 0 Å². The summed E-state index contributed by atoms with van der Waals surface area (Å²) in [6.07, 6.45) is 5.65. The van der Waals surface area contributed by atoms with Crippen molar-refractivity contribution in [1.29, 1.82) is 1.43 Å². The van der Waals surface area contributed by atoms with Gasteiger partial charge in [0.05, 0.1) is 0 Å². The van der Waals surface area contributed by atoms with Crippen molar-refractivity contribution in [3.63, 3.8) is 0 Å². The lowest BCUT2D eigenvalue weighted by Crippen LogP contribution is -2.07. The topological polar surface area (TPSA) is 67.8 Å². The van der Waals surface area contributed by atoms with E-state index in [0.717, 1.165) is 45.1 Å². The second-order valence-corrected chi connectivity index (χ2v) is 4.78. The SMILES string of the molecule is [2H]OCCCCCCO[P+](=O)OCCCCNC. The minimum Gasteiger partial charge on any atom is -0.396 e. The number of unbranched alkanes of at least 4 members (excludes halogenated alkanes) is 4. The molecule has 17 heavy (non-hydrogen) atoms. The first-order valence-corrected chi connectivity index (χ1v) is 7.36. The smallest absolute Gasteiger partial charge is 0.396 e. The molecule has 0 aliphatic carbocycles. The van der Waals surface area contributed by atoms with E-state index >= 15 is 0 Å². The highest BCUT2D eigenvalue weighted by Gasteiger charge is 2.18. The largest absolute Gasteiger partial charge is 0.697 e. The van der Waals surface area contributed by atoms with Crippen molar-refractivity contribution < 1.29 is 18.7 Å². The highest BCUT2D eigenvalue weighted by atomic mass is 31.1. The zero-order chi connectivity index (χ0) is 13.5. The average molecular weight is 267 g/mol. The van der Waals surface area contributed by atoms with Crippen LogP contribution in [0.15, 0.2) is 0 Å². The summed E-state index contributed by atoms with van der Waals surface area (Å²) in [7, 11) is -0.0507. The van der Waals surface area contributed by atoms with E-state index in [1.54, 1.807) is 0 Å². The van der Waals surface area contributed by atoms with Gasteiger partial charge in [0.15, 0.2) is 0 Å². The number of aliphatic hydroxyl groups excluding tert-OH is 1. The molecule has 1 unspecified atom stereocenters. The van der Waals surface area contributed by atoms with Crippen LogP contribution in [-0.4, -0.2) is 40.0 Å². The number of hydrogen-bond acceptors (Lipinski definition) is 5. The van der Waals surface area contributed by atoms with Crippen LogP contribution < -0.4 is 5.32 Å². The summed E-state index contributed by atoms with van der Waals surface area (Å²) in [5.41, 5.74) is 0. The van der Waals surface area contributed by atoms with Gasteiger partial charge in [-0.15, -0.1) is 9.05 Å². The van der Waals surface area contributed by atoms with Crippen molar-refractivity contribution in [2.45, 2.75) is 38.5 Å². The van der Waals surface area contributed by atoms with Gasteiger partial charge in [-0.05, 0) is 39.3 Å². The van der Waals surface area contributed by atoms with Gasteiger partial charge >= 0.3 is 8.25 Å². The predicted octanol–water partition coefficient (Wildman–Crippen LogP) is 2.23. The third kappa shape index (κ3) is 13.9. The van der Waals surface area contributed by atoms with Gasteiger partial charge in [0.2, 0.25) is 1.43 Å². The summed E-state index contributed by atoms with van der Waals surface area (Å²) < 4.78 is 27.9. The molecular weight excluding hydrogens is 241 g/mol. The molecule has 0 aromatic rings. The zero-order valence-corrected chi connectivity index (χ0v) is 11.5. The lowest BCUT2D eigenvalue weighted by Gasteiger charge is -1.96. The maximum atomic E-state index is 11.3. The van der Waals surface area contributed by atoms with Gasteiger partial charge in [0.1, 0.15) is 13.2 Å². The normalized spacial score (nSPS) is 12.5. The van der Waals surface area contributed by atoms with E-state index in [4.69, 9.17) is 10.5 Å². The van der Waals surface area contributed by atoms with Crippen LogP contribution in [-0.2, 0) is 13.6 Å². The van der Waals surface area contributed by atoms with Gasteiger partial charge < -0.3 is 10.4 Å². The molecule has 0 amide bonds. The molecule has 0 saturated carbocycles. The third-order valence-electron chi connectivity index (χ3n) is 2.25. The molecule has 0 aliphatic rings. The number of nitrogens with one attached hydrogen (secondary N) is 1. The minimum atomic E-state index is -1.95. The van der Waals surface area contributed by atoms with Crippen molar-refractivity contribution in [1.82, 2.24) is 5.32 Å². The van der Waals surface area contributed by atoms with Crippen LogP contribution in [0.25, 0.3) is 0 Å². The number of rotatable bonds is 14. The van der Waals surface area contributed by atoms with Gasteiger partial charge in [-0.1, -0.05) is 12.8 Å². The predicted molar refractivity (Wildman–Crippen MR) is 68.2 cm³/mol. The Hall–Kier alpha value is -0.0600. The van der Waals surface area contributed by atoms with Crippen LogP contribution in [0.2, 0.25) is 0 Å². The van der Waals surface area contributed by atoms with Gasteiger partial charge in [0, 0.05) is 11.2 Å². The Kier molecular flexibility index (Phi) is 12.4. The Morgan fingerprint density at radius 3 is 2.41 bits per heavy atom. The molecule has 5 nitrogen and oxygen atoms in total. The molecule has 1 atom stereocenters. The van der Waals surface area contributed by atoms with E-state index in [9.17, 15) is 4.57 Å². The molecule has 2 N–H and O–H groups in total. The Bertz CT molecular complexity index is 198. The molecule has 0 aliphatic heterocycles. The van der Waals surface area contributed by atoms with Gasteiger partial charge in [-0.3, -0.25) is 0 Å². The van der Waals surface area contributed by atoms with Crippen LogP contribution in [0.5, 0.6) is 0 Å². The van der Waals surface area contributed by atoms with Crippen molar-refractivity contribution in [3.8, 4) is 0 Å². The highest BCUT2D eigenvalue weighted by Crippen LogP contribution is 2.24. The fourth-order valence-electron chi connectivity index (χ4n) is 1.28. The first-order chi connectivity index (χ1) is 8.81. The molecule has 0 radical (unpaired) electrons. The molecule has 0 rings (SSSR count). The van der Waals surface area contributed by atoms with E-state index in [0.29, 0.717) is 19.8 Å². The molecule has 0 aromatic carbocycles. The second kappa shape index (κ2) is 14.0. The van der Waals surface area contributed by atoms with Gasteiger partial charge in [0.25, 0.3) is 0 Å². The fraction of sp³-hybridized carbons (Fsp3) is 1.00. The maximum absolute atomic E-state index is 11.3. The number of aliphatic hydroxyl groups is 1. The average Bonchev–Trinajstić information content (AvgIpc) is 2.37. The fourth-order valence-corrected chi connectivity index (χ4v) is 1.91. The summed E-state index contributed by atoms with van der Waals surface area (Å²) >= 11 is 0. The first kappa shape index (κ1) is 15.0. The molecule has 0 bridgehead atoms. The van der Waals surface area contributed by atoms with E-state index in [1.165, 1.54) is 0 Å². The minimum absolute atomic E-state index is 0.466. The molecular formula is C11H25NO4P+. The number of hydrogen-bond donors (Lipinski definition) is 2. The lowest BCUT2D eigenvalue weighted by atomic mass is 10.2. The zero-order valence-electron chi connectivity index (χ0n) is 11.7. The van der Waals surface area contributed by atoms with Crippen molar-refractivity contribution in [2.24, 2.45) is 0 Å². The molecule has 0 saturated heterocycles. The maximum Gasteiger partial charge on any atom is 0.697 e. The lowest BCUT2D eigenvalue weighted by molar-refractivity contribution is 0.217.